The summed E-state index contributed by atoms with van der Waals surface area (Å²) in [7, 11) is 0. The smallest absolute Gasteiger partial charge is 0.261 e. The van der Waals surface area contributed by atoms with Crippen molar-refractivity contribution in [1.29, 1.82) is 0 Å². The van der Waals surface area contributed by atoms with E-state index >= 15 is 0 Å². The van der Waals surface area contributed by atoms with E-state index in [2.05, 4.69) is 25.4 Å². The quantitative estimate of drug-likeness (QED) is 0.608. The number of aromatic amines is 1. The van der Waals surface area contributed by atoms with Gasteiger partial charge in [-0.2, -0.15) is 5.10 Å². The van der Waals surface area contributed by atoms with Crippen LogP contribution in [-0.4, -0.2) is 30.5 Å². The molecule has 3 aromatic heterocycles. The molecule has 3 heterocycles. The van der Waals surface area contributed by atoms with E-state index in [9.17, 15) is 4.79 Å². The highest BCUT2D eigenvalue weighted by Gasteiger charge is 2.14. The summed E-state index contributed by atoms with van der Waals surface area (Å²) in [4.78, 5) is 24.2. The third-order valence-electron chi connectivity index (χ3n) is 3.65. The van der Waals surface area contributed by atoms with Gasteiger partial charge >= 0.3 is 0 Å². The molecule has 1 aromatic carbocycles. The Kier molecular flexibility index (Phi) is 3.31. The van der Waals surface area contributed by atoms with Crippen molar-refractivity contribution in [2.75, 3.05) is 5.32 Å². The zero-order chi connectivity index (χ0) is 16.5. The maximum absolute atomic E-state index is 12.6. The summed E-state index contributed by atoms with van der Waals surface area (Å²) < 4.78 is 1.58. The minimum Gasteiger partial charge on any atom is -0.345 e. The molecule has 0 atom stereocenters. The zero-order valence-electron chi connectivity index (χ0n) is 12.9. The molecule has 0 fully saturated rings. The van der Waals surface area contributed by atoms with E-state index in [1.54, 1.807) is 23.1 Å². The van der Waals surface area contributed by atoms with Crippen molar-refractivity contribution in [2.24, 2.45) is 0 Å². The number of benzene rings is 1. The Balaban J connectivity index is 1.64. The molecule has 0 aliphatic heterocycles. The average Bonchev–Trinajstić information content (AvgIpc) is 3.24. The number of aryl methyl sites for hydroxylation is 1. The van der Waals surface area contributed by atoms with Crippen molar-refractivity contribution in [3.8, 4) is 11.4 Å². The maximum atomic E-state index is 12.6. The molecule has 118 valence electrons. The summed E-state index contributed by atoms with van der Waals surface area (Å²) in [5.41, 5.74) is 3.38. The van der Waals surface area contributed by atoms with Gasteiger partial charge in [-0.25, -0.2) is 14.5 Å². The molecule has 0 saturated carbocycles. The predicted octanol–water partition coefficient (Wildman–Crippen LogP) is 2.68. The molecule has 7 nitrogen and oxygen atoms in total. The number of aromatic nitrogens is 5. The van der Waals surface area contributed by atoms with E-state index in [0.717, 1.165) is 17.1 Å². The van der Waals surface area contributed by atoms with Crippen molar-refractivity contribution >= 4 is 17.2 Å². The van der Waals surface area contributed by atoms with Crippen LogP contribution in [0.25, 0.3) is 17.0 Å². The van der Waals surface area contributed by atoms with E-state index < -0.39 is 0 Å². The Morgan fingerprint density at radius 2 is 2.21 bits per heavy atom. The van der Waals surface area contributed by atoms with E-state index in [-0.39, 0.29) is 5.91 Å². The Morgan fingerprint density at radius 1 is 1.29 bits per heavy atom. The lowest BCUT2D eigenvalue weighted by molar-refractivity contribution is 0.102. The van der Waals surface area contributed by atoms with Crippen LogP contribution < -0.4 is 5.32 Å². The fourth-order valence-electron chi connectivity index (χ4n) is 2.49. The molecule has 0 saturated heterocycles. The monoisotopic (exact) mass is 318 g/mol. The van der Waals surface area contributed by atoms with Crippen LogP contribution in [-0.2, 0) is 0 Å². The van der Waals surface area contributed by atoms with Gasteiger partial charge in [0, 0.05) is 35.5 Å². The fraction of sp³-hybridized carbons (Fsp3) is 0.0588. The highest BCUT2D eigenvalue weighted by Crippen LogP contribution is 2.20. The van der Waals surface area contributed by atoms with Gasteiger partial charge in [0.05, 0.1) is 6.20 Å². The molecule has 24 heavy (non-hydrogen) atoms. The highest BCUT2D eigenvalue weighted by molar-refractivity contribution is 6.08. The number of fused-ring (bicyclic) bond motifs is 1. The molecule has 0 unspecified atom stereocenters. The molecule has 1 amide bonds. The second-order valence-electron chi connectivity index (χ2n) is 5.37. The lowest BCUT2D eigenvalue weighted by Crippen LogP contribution is -2.12. The van der Waals surface area contributed by atoms with Gasteiger partial charge < -0.3 is 10.3 Å². The molecule has 2 N–H and O–H groups in total. The number of hydrogen-bond acceptors (Lipinski definition) is 4. The molecule has 0 radical (unpaired) electrons. The lowest BCUT2D eigenvalue weighted by atomic mass is 10.2. The normalized spacial score (nSPS) is 10.9. The molecule has 0 spiro atoms. The van der Waals surface area contributed by atoms with Crippen LogP contribution >= 0.6 is 0 Å². The number of hydrogen-bond donors (Lipinski definition) is 2. The molecule has 0 bridgehead atoms. The third kappa shape index (κ3) is 2.52. The predicted molar refractivity (Wildman–Crippen MR) is 89.7 cm³/mol. The Hall–Kier alpha value is -3.48. The number of carbonyl (C=O) groups excluding carboxylic acids is 1. The van der Waals surface area contributed by atoms with Crippen molar-refractivity contribution in [1.82, 2.24) is 24.6 Å². The minimum absolute atomic E-state index is 0.250. The summed E-state index contributed by atoms with van der Waals surface area (Å²) in [6.45, 7) is 1.88. The van der Waals surface area contributed by atoms with Gasteiger partial charge in [-0.3, -0.25) is 4.79 Å². The van der Waals surface area contributed by atoms with Gasteiger partial charge in [-0.15, -0.1) is 0 Å². The van der Waals surface area contributed by atoms with Gasteiger partial charge in [0.25, 0.3) is 5.91 Å². The zero-order valence-corrected chi connectivity index (χ0v) is 12.9. The molecule has 0 aliphatic carbocycles. The number of carbonyl (C=O) groups is 1. The van der Waals surface area contributed by atoms with Crippen molar-refractivity contribution in [3.63, 3.8) is 0 Å². The maximum Gasteiger partial charge on any atom is 0.261 e. The Morgan fingerprint density at radius 3 is 3.04 bits per heavy atom. The molecular formula is C17H14N6O. The van der Waals surface area contributed by atoms with Crippen LogP contribution in [0.4, 0.5) is 5.69 Å². The first-order chi connectivity index (χ1) is 11.7. The van der Waals surface area contributed by atoms with Crippen LogP contribution in [0.15, 0.2) is 55.1 Å². The average molecular weight is 318 g/mol. The summed E-state index contributed by atoms with van der Waals surface area (Å²) in [5, 5.41) is 7.04. The van der Waals surface area contributed by atoms with Gasteiger partial charge in [0.2, 0.25) is 0 Å². The summed E-state index contributed by atoms with van der Waals surface area (Å²) >= 11 is 0. The van der Waals surface area contributed by atoms with Crippen LogP contribution in [0.3, 0.4) is 0 Å². The van der Waals surface area contributed by atoms with Crippen LogP contribution in [0, 0.1) is 6.92 Å². The van der Waals surface area contributed by atoms with E-state index in [1.165, 1.54) is 6.20 Å². The topological polar surface area (TPSA) is 88.0 Å². The number of nitrogens with zero attached hydrogens (tertiary/aromatic N) is 4. The first kappa shape index (κ1) is 14.1. The molecule has 0 aliphatic rings. The summed E-state index contributed by atoms with van der Waals surface area (Å²) in [6, 6.07) is 9.32. The van der Waals surface area contributed by atoms with Gasteiger partial charge in [0.15, 0.2) is 5.65 Å². The van der Waals surface area contributed by atoms with Gasteiger partial charge in [0.1, 0.15) is 11.4 Å². The Labute approximate surface area is 137 Å². The van der Waals surface area contributed by atoms with E-state index in [1.807, 2.05) is 37.3 Å². The fourth-order valence-corrected chi connectivity index (χ4v) is 2.49. The number of imidazole rings is 1. The number of rotatable bonds is 3. The molecule has 7 heteroatoms. The van der Waals surface area contributed by atoms with Crippen molar-refractivity contribution < 1.29 is 4.79 Å². The second-order valence-corrected chi connectivity index (χ2v) is 5.37. The van der Waals surface area contributed by atoms with Crippen molar-refractivity contribution in [2.45, 2.75) is 6.92 Å². The molecule has 4 rings (SSSR count). The first-order valence-electron chi connectivity index (χ1n) is 7.43. The number of anilines is 1. The molecular weight excluding hydrogens is 304 g/mol. The third-order valence-corrected chi connectivity index (χ3v) is 3.65. The summed E-state index contributed by atoms with van der Waals surface area (Å²) in [6.07, 6.45) is 6.75. The van der Waals surface area contributed by atoms with Crippen molar-refractivity contribution in [3.05, 3.63) is 66.4 Å². The van der Waals surface area contributed by atoms with Gasteiger partial charge in [-0.1, -0.05) is 12.1 Å². The summed E-state index contributed by atoms with van der Waals surface area (Å²) in [5.74, 6) is 0.499. The van der Waals surface area contributed by atoms with E-state index in [0.29, 0.717) is 16.9 Å². The van der Waals surface area contributed by atoms with Crippen LogP contribution in [0.1, 0.15) is 16.1 Å². The van der Waals surface area contributed by atoms with E-state index in [4.69, 9.17) is 0 Å². The number of amides is 1. The minimum atomic E-state index is -0.250. The second kappa shape index (κ2) is 5.62. The number of H-pyrrole nitrogens is 1. The number of nitrogens with one attached hydrogen (secondary N) is 2. The largest absolute Gasteiger partial charge is 0.345 e. The van der Waals surface area contributed by atoms with Crippen LogP contribution in [0.2, 0.25) is 0 Å². The lowest BCUT2D eigenvalue weighted by Gasteiger charge is -2.06. The standard InChI is InChI=1S/C17H14N6O/c1-11-5-8-23-16(21-11)14(10-20-23)17(24)22-13-4-2-3-12(9-13)15-18-6-7-19-15/h2-10H,1H3,(H,18,19)(H,22,24). The van der Waals surface area contributed by atoms with Crippen LogP contribution in [0.5, 0.6) is 0 Å². The molecule has 4 aromatic rings. The van der Waals surface area contributed by atoms with Gasteiger partial charge in [-0.05, 0) is 25.1 Å². The SMILES string of the molecule is Cc1ccn2ncc(C(=O)Nc3cccc(-c4ncc[nH]4)c3)c2n1. The first-order valence-corrected chi connectivity index (χ1v) is 7.43. The highest BCUT2D eigenvalue weighted by atomic mass is 16.1. The Bertz CT molecular complexity index is 1020.